The van der Waals surface area contributed by atoms with Gasteiger partial charge in [0.25, 0.3) is 0 Å². The summed E-state index contributed by atoms with van der Waals surface area (Å²) in [6.07, 6.45) is 8.58. The van der Waals surface area contributed by atoms with Crippen molar-refractivity contribution in [2.45, 2.75) is 58.4 Å². The van der Waals surface area contributed by atoms with Gasteiger partial charge in [-0.05, 0) is 70.7 Å². The topological polar surface area (TPSA) is 63.1 Å². The van der Waals surface area contributed by atoms with Crippen LogP contribution < -0.4 is 5.32 Å². The highest BCUT2D eigenvalue weighted by Crippen LogP contribution is 2.30. The van der Waals surface area contributed by atoms with Gasteiger partial charge in [-0.3, -0.25) is 4.79 Å². The Morgan fingerprint density at radius 2 is 2.04 bits per heavy atom. The van der Waals surface area contributed by atoms with Gasteiger partial charge in [0.05, 0.1) is 12.1 Å². The zero-order valence-corrected chi connectivity index (χ0v) is 17.0. The third-order valence-electron chi connectivity index (χ3n) is 6.43. The maximum atomic E-state index is 12.7. The minimum absolute atomic E-state index is 0.0969. The molecule has 6 nitrogen and oxygen atoms in total. The molecular weight excluding hydrogens is 350 g/mol. The van der Waals surface area contributed by atoms with Gasteiger partial charge >= 0.3 is 0 Å². The lowest BCUT2D eigenvalue weighted by molar-refractivity contribution is -0.120. The second-order valence-electron chi connectivity index (χ2n) is 8.23. The summed E-state index contributed by atoms with van der Waals surface area (Å²) in [5.74, 6) is 1.48. The molecule has 2 atom stereocenters. The van der Waals surface area contributed by atoms with Crippen LogP contribution in [0.3, 0.4) is 0 Å². The highest BCUT2D eigenvalue weighted by molar-refractivity contribution is 5.79. The monoisotopic (exact) mass is 381 g/mol. The molecule has 150 valence electrons. The van der Waals surface area contributed by atoms with Gasteiger partial charge in [0.1, 0.15) is 0 Å². The normalized spacial score (nSPS) is 22.6. The molecule has 0 bridgehead atoms. The van der Waals surface area contributed by atoms with Crippen LogP contribution >= 0.6 is 0 Å². The van der Waals surface area contributed by atoms with E-state index in [1.807, 2.05) is 36.7 Å². The van der Waals surface area contributed by atoms with E-state index in [0.29, 0.717) is 18.4 Å². The molecule has 2 aromatic heterocycles. The Hall–Kier alpha value is -2.21. The van der Waals surface area contributed by atoms with Crippen molar-refractivity contribution in [3.63, 3.8) is 0 Å². The van der Waals surface area contributed by atoms with Crippen molar-refractivity contribution < 1.29 is 4.79 Å². The van der Waals surface area contributed by atoms with Crippen molar-refractivity contribution in [1.82, 2.24) is 25.0 Å². The Kier molecular flexibility index (Phi) is 5.76. The molecule has 2 unspecified atom stereocenters. The number of nitrogens with one attached hydrogen (secondary N) is 1. The zero-order chi connectivity index (χ0) is 19.5. The molecule has 1 N–H and O–H groups in total. The van der Waals surface area contributed by atoms with Crippen LogP contribution in [0.15, 0.2) is 24.4 Å². The van der Waals surface area contributed by atoms with Crippen LogP contribution in [0.1, 0.15) is 49.1 Å². The molecule has 2 aliphatic heterocycles. The molecule has 28 heavy (non-hydrogen) atoms. The first-order valence-electron chi connectivity index (χ1n) is 10.6. The minimum atomic E-state index is 0.0969. The van der Waals surface area contributed by atoms with Crippen LogP contribution in [0.5, 0.6) is 0 Å². The lowest BCUT2D eigenvalue weighted by Crippen LogP contribution is -2.51. The second kappa shape index (κ2) is 8.43. The molecule has 2 fully saturated rings. The minimum Gasteiger partial charge on any atom is -0.355 e. The first-order valence-corrected chi connectivity index (χ1v) is 10.6. The van der Waals surface area contributed by atoms with Crippen molar-refractivity contribution in [2.24, 2.45) is 5.92 Å². The average molecular weight is 382 g/mol. The van der Waals surface area contributed by atoms with Gasteiger partial charge in [-0.2, -0.15) is 5.10 Å². The van der Waals surface area contributed by atoms with Gasteiger partial charge in [-0.1, -0.05) is 12.5 Å². The summed E-state index contributed by atoms with van der Waals surface area (Å²) >= 11 is 0. The Bertz CT molecular complexity index is 814. The summed E-state index contributed by atoms with van der Waals surface area (Å²) < 4.78 is 1.83. The van der Waals surface area contributed by atoms with E-state index in [4.69, 9.17) is 0 Å². The maximum absolute atomic E-state index is 12.7. The van der Waals surface area contributed by atoms with Gasteiger partial charge < -0.3 is 10.2 Å². The van der Waals surface area contributed by atoms with Crippen LogP contribution in [-0.4, -0.2) is 51.2 Å². The van der Waals surface area contributed by atoms with E-state index >= 15 is 0 Å². The van der Waals surface area contributed by atoms with Crippen LogP contribution in [0.4, 0.5) is 0 Å². The van der Waals surface area contributed by atoms with Crippen LogP contribution in [-0.2, 0) is 11.2 Å². The van der Waals surface area contributed by atoms with Crippen LogP contribution in [0, 0.1) is 19.8 Å². The number of pyridine rings is 1. The second-order valence-corrected chi connectivity index (χ2v) is 8.23. The number of rotatable bonds is 5. The fourth-order valence-corrected chi connectivity index (χ4v) is 4.92. The highest BCUT2D eigenvalue weighted by Gasteiger charge is 2.33. The average Bonchev–Trinajstić information content (AvgIpc) is 3.01. The van der Waals surface area contributed by atoms with Crippen LogP contribution in [0.2, 0.25) is 0 Å². The summed E-state index contributed by atoms with van der Waals surface area (Å²) in [7, 11) is 0. The van der Waals surface area contributed by atoms with Gasteiger partial charge in [-0.25, -0.2) is 9.67 Å². The standard InChI is InChI=1S/C22H31N5O/c1-16-19(17(2)27(25-16)21-10-3-5-11-23-21)14-22(28)24-15-18-8-7-13-26-12-6-4-9-20(18)26/h3,5,10-11,18,20H,4,6-9,12-15H2,1-2H3,(H,24,28). The lowest BCUT2D eigenvalue weighted by Gasteiger charge is -2.44. The largest absolute Gasteiger partial charge is 0.355 e. The van der Waals surface area contributed by atoms with Crippen molar-refractivity contribution in [2.75, 3.05) is 19.6 Å². The predicted octanol–water partition coefficient (Wildman–Crippen LogP) is 2.81. The van der Waals surface area contributed by atoms with E-state index in [9.17, 15) is 4.79 Å². The molecule has 0 radical (unpaired) electrons. The SMILES string of the molecule is Cc1nn(-c2ccccn2)c(C)c1CC(=O)NCC1CCCN2CCCCC12. The highest BCUT2D eigenvalue weighted by atomic mass is 16.1. The van der Waals surface area contributed by atoms with Crippen molar-refractivity contribution in [3.05, 3.63) is 41.3 Å². The summed E-state index contributed by atoms with van der Waals surface area (Å²) in [5, 5.41) is 7.82. The summed E-state index contributed by atoms with van der Waals surface area (Å²) in [4.78, 5) is 19.7. The molecule has 0 spiro atoms. The lowest BCUT2D eigenvalue weighted by atomic mass is 9.83. The first kappa shape index (κ1) is 19.1. The number of piperidine rings is 2. The van der Waals surface area contributed by atoms with Gasteiger partial charge in [-0.15, -0.1) is 0 Å². The smallest absolute Gasteiger partial charge is 0.224 e. The zero-order valence-electron chi connectivity index (χ0n) is 17.0. The van der Waals surface area contributed by atoms with Gasteiger partial charge in [0.2, 0.25) is 5.91 Å². The number of carbonyl (C=O) groups excluding carboxylic acids is 1. The first-order chi connectivity index (χ1) is 13.6. The number of nitrogens with zero attached hydrogens (tertiary/aromatic N) is 4. The molecule has 0 aliphatic carbocycles. The van der Waals surface area contributed by atoms with Crippen LogP contribution in [0.25, 0.3) is 5.82 Å². The van der Waals surface area contributed by atoms with E-state index in [-0.39, 0.29) is 5.91 Å². The number of aromatic nitrogens is 3. The van der Waals surface area contributed by atoms with Gasteiger partial charge in [0, 0.05) is 30.0 Å². The third kappa shape index (κ3) is 3.97. The van der Waals surface area contributed by atoms with Gasteiger partial charge in [0.15, 0.2) is 5.82 Å². The number of amides is 1. The number of carbonyl (C=O) groups is 1. The maximum Gasteiger partial charge on any atom is 0.224 e. The molecule has 2 aliphatic rings. The predicted molar refractivity (Wildman–Crippen MR) is 109 cm³/mol. The van der Waals surface area contributed by atoms with Crippen molar-refractivity contribution in [1.29, 1.82) is 0 Å². The molecular formula is C22H31N5O. The molecule has 2 saturated heterocycles. The Labute approximate surface area is 167 Å². The molecule has 6 heteroatoms. The molecule has 2 aromatic rings. The Morgan fingerprint density at radius 1 is 1.18 bits per heavy atom. The quantitative estimate of drug-likeness (QED) is 0.865. The number of hydrogen-bond acceptors (Lipinski definition) is 4. The fourth-order valence-electron chi connectivity index (χ4n) is 4.92. The molecule has 4 rings (SSSR count). The molecule has 1 amide bonds. The number of hydrogen-bond donors (Lipinski definition) is 1. The molecule has 0 saturated carbocycles. The van der Waals surface area contributed by atoms with Crippen molar-refractivity contribution >= 4 is 5.91 Å². The summed E-state index contributed by atoms with van der Waals surface area (Å²) in [6, 6.07) is 6.44. The Morgan fingerprint density at radius 3 is 2.86 bits per heavy atom. The fraction of sp³-hybridized carbons (Fsp3) is 0.591. The Balaban J connectivity index is 1.38. The number of fused-ring (bicyclic) bond motifs is 1. The van der Waals surface area contributed by atoms with E-state index < -0.39 is 0 Å². The van der Waals surface area contributed by atoms with Crippen molar-refractivity contribution in [3.8, 4) is 5.82 Å². The summed E-state index contributed by atoms with van der Waals surface area (Å²) in [5.41, 5.74) is 2.89. The summed E-state index contributed by atoms with van der Waals surface area (Å²) in [6.45, 7) is 7.25. The van der Waals surface area contributed by atoms with E-state index in [0.717, 1.165) is 29.3 Å². The third-order valence-corrected chi connectivity index (χ3v) is 6.43. The number of aryl methyl sites for hydroxylation is 1. The molecule has 4 heterocycles. The van der Waals surface area contributed by atoms with E-state index in [1.54, 1.807) is 6.20 Å². The molecule has 0 aromatic carbocycles. The van der Waals surface area contributed by atoms with E-state index in [1.165, 1.54) is 45.2 Å². The van der Waals surface area contributed by atoms with E-state index in [2.05, 4.69) is 20.3 Å².